The van der Waals surface area contributed by atoms with Crippen LogP contribution in [0.1, 0.15) is 66.2 Å². The van der Waals surface area contributed by atoms with Crippen molar-refractivity contribution in [3.63, 3.8) is 0 Å². The molecule has 4 aliphatic carbocycles. The normalized spacial score (nSPS) is 49.0. The van der Waals surface area contributed by atoms with Crippen LogP contribution in [0.2, 0.25) is 0 Å². The number of carbonyl (C=O) groups is 1. The van der Waals surface area contributed by atoms with E-state index >= 15 is 0 Å². The number of amides is 1. The molecule has 1 aliphatic heterocycles. The monoisotopic (exact) mass is 354 g/mol. The number of hydrogen-bond donors (Lipinski definition) is 2. The summed E-state index contributed by atoms with van der Waals surface area (Å²) in [6, 6.07) is 0.350. The van der Waals surface area contributed by atoms with Crippen LogP contribution >= 0.6 is 0 Å². The zero-order valence-corrected chi connectivity index (χ0v) is 16.8. The van der Waals surface area contributed by atoms with Gasteiger partial charge in [-0.3, -0.25) is 4.79 Å². The molecule has 0 aromatic rings. The second-order valence-electron chi connectivity index (χ2n) is 11.0. The van der Waals surface area contributed by atoms with Crippen molar-refractivity contribution in [2.45, 2.75) is 77.8 Å². The fraction of sp³-hybridized carbons (Fsp3) is 0.783. The first-order valence-electron chi connectivity index (χ1n) is 10.7. The summed E-state index contributed by atoms with van der Waals surface area (Å²) in [7, 11) is 0. The molecule has 0 aromatic carbocycles. The van der Waals surface area contributed by atoms with Crippen molar-refractivity contribution in [1.82, 2.24) is 10.6 Å². The third kappa shape index (κ3) is 2.15. The Kier molecular flexibility index (Phi) is 3.36. The smallest absolute Gasteiger partial charge is 0.243 e. The predicted molar refractivity (Wildman–Crippen MR) is 104 cm³/mol. The lowest BCUT2D eigenvalue weighted by atomic mass is 9.45. The Morgan fingerprint density at radius 1 is 1.12 bits per heavy atom. The lowest BCUT2D eigenvalue weighted by Crippen LogP contribution is -2.60. The van der Waals surface area contributed by atoms with Crippen LogP contribution in [0.15, 0.2) is 23.9 Å². The summed E-state index contributed by atoms with van der Waals surface area (Å²) >= 11 is 0. The van der Waals surface area contributed by atoms with Gasteiger partial charge in [0.2, 0.25) is 5.91 Å². The molecular formula is C23H34N2O. The van der Waals surface area contributed by atoms with Crippen molar-refractivity contribution in [3.8, 4) is 0 Å². The maximum absolute atomic E-state index is 11.8. The molecule has 0 bridgehead atoms. The minimum atomic E-state index is 0.110. The standard InChI is InChI=1S/C23H34N2O/c1-21(2,3)25-18-13-23-12-9-15-14(16(23)6-7-17(18)23)5-8-19-22(15,4)11-10-20(26)24-19/h10-11,13-17,19,25H,5-9,12H2,1-4H3,(H,24,26)/t14?,15?,16?,17?,19?,22-,23-/m1/s1. The van der Waals surface area contributed by atoms with Crippen LogP contribution < -0.4 is 10.6 Å². The lowest BCUT2D eigenvalue weighted by molar-refractivity contribution is -0.122. The maximum atomic E-state index is 11.8. The minimum Gasteiger partial charge on any atom is -0.384 e. The molecule has 7 atom stereocenters. The predicted octanol–water partition coefficient (Wildman–Crippen LogP) is 4.17. The van der Waals surface area contributed by atoms with Gasteiger partial charge in [-0.2, -0.15) is 0 Å². The Balaban J connectivity index is 1.43. The third-order valence-corrected chi connectivity index (χ3v) is 8.60. The zero-order chi connectivity index (χ0) is 18.3. The van der Waals surface area contributed by atoms with E-state index in [1.165, 1.54) is 37.8 Å². The van der Waals surface area contributed by atoms with Crippen molar-refractivity contribution >= 4 is 5.91 Å². The largest absolute Gasteiger partial charge is 0.384 e. The first kappa shape index (κ1) is 16.9. The van der Waals surface area contributed by atoms with Crippen molar-refractivity contribution in [2.75, 3.05) is 0 Å². The summed E-state index contributed by atoms with van der Waals surface area (Å²) in [6.45, 7) is 9.23. The van der Waals surface area contributed by atoms with Crippen LogP contribution in [-0.2, 0) is 4.79 Å². The van der Waals surface area contributed by atoms with Gasteiger partial charge in [0.1, 0.15) is 0 Å². The van der Waals surface area contributed by atoms with Crippen LogP contribution in [0.4, 0.5) is 0 Å². The number of fused-ring (bicyclic) bond motifs is 4. The van der Waals surface area contributed by atoms with E-state index in [9.17, 15) is 4.79 Å². The van der Waals surface area contributed by atoms with Gasteiger partial charge in [-0.25, -0.2) is 0 Å². The quantitative estimate of drug-likeness (QED) is 0.742. The highest BCUT2D eigenvalue weighted by Gasteiger charge is 2.64. The van der Waals surface area contributed by atoms with E-state index in [-0.39, 0.29) is 16.9 Å². The van der Waals surface area contributed by atoms with Gasteiger partial charge >= 0.3 is 0 Å². The average Bonchev–Trinajstić information content (AvgIpc) is 2.85. The molecule has 1 amide bonds. The Morgan fingerprint density at radius 3 is 2.69 bits per heavy atom. The van der Waals surface area contributed by atoms with Gasteiger partial charge in [0.25, 0.3) is 0 Å². The van der Waals surface area contributed by atoms with Gasteiger partial charge in [-0.1, -0.05) is 19.1 Å². The Morgan fingerprint density at radius 2 is 1.92 bits per heavy atom. The summed E-state index contributed by atoms with van der Waals surface area (Å²) in [4.78, 5) is 11.8. The second kappa shape index (κ2) is 5.17. The second-order valence-corrected chi connectivity index (χ2v) is 11.0. The number of allylic oxidation sites excluding steroid dienone is 2. The summed E-state index contributed by atoms with van der Waals surface area (Å²) < 4.78 is 0. The van der Waals surface area contributed by atoms with Gasteiger partial charge in [-0.05, 0) is 83.1 Å². The number of rotatable bonds is 1. The minimum absolute atomic E-state index is 0.110. The SMILES string of the molecule is CC(C)(C)NC1=C[C@]23CCC4C(CCC5NC(=O)C=C[C@@]54C)C2CCC13. The number of nitrogens with one attached hydrogen (secondary N) is 2. The fourth-order valence-electron chi connectivity index (χ4n) is 7.63. The molecule has 1 heterocycles. The third-order valence-electron chi connectivity index (χ3n) is 8.60. The molecule has 26 heavy (non-hydrogen) atoms. The molecule has 2 N–H and O–H groups in total. The van der Waals surface area contributed by atoms with Crippen molar-refractivity contribution in [1.29, 1.82) is 0 Å². The van der Waals surface area contributed by atoms with E-state index in [1.54, 1.807) is 6.08 Å². The van der Waals surface area contributed by atoms with Gasteiger partial charge < -0.3 is 10.6 Å². The molecular weight excluding hydrogens is 320 g/mol. The van der Waals surface area contributed by atoms with Gasteiger partial charge in [0, 0.05) is 34.0 Å². The van der Waals surface area contributed by atoms with Crippen molar-refractivity contribution in [2.24, 2.45) is 34.5 Å². The van der Waals surface area contributed by atoms with E-state index in [4.69, 9.17) is 0 Å². The molecule has 3 fully saturated rings. The summed E-state index contributed by atoms with van der Waals surface area (Å²) in [5.41, 5.74) is 2.35. The zero-order valence-electron chi connectivity index (χ0n) is 16.8. The Hall–Kier alpha value is -1.25. The summed E-state index contributed by atoms with van der Waals surface area (Å²) in [5.74, 6) is 3.32. The van der Waals surface area contributed by atoms with E-state index in [1.807, 2.05) is 0 Å². The average molecular weight is 355 g/mol. The van der Waals surface area contributed by atoms with Gasteiger partial charge in [0.15, 0.2) is 0 Å². The topological polar surface area (TPSA) is 41.1 Å². The van der Waals surface area contributed by atoms with E-state index in [2.05, 4.69) is 50.5 Å². The van der Waals surface area contributed by atoms with Crippen LogP contribution in [0.25, 0.3) is 0 Å². The summed E-state index contributed by atoms with van der Waals surface area (Å²) in [6.07, 6.45) is 14.6. The molecule has 0 saturated heterocycles. The van der Waals surface area contributed by atoms with Gasteiger partial charge in [-0.15, -0.1) is 0 Å². The lowest BCUT2D eigenvalue weighted by Gasteiger charge is -2.61. The molecule has 3 heteroatoms. The molecule has 0 aromatic heterocycles. The van der Waals surface area contributed by atoms with Crippen LogP contribution in [0.5, 0.6) is 0 Å². The highest BCUT2D eigenvalue weighted by atomic mass is 16.1. The Bertz CT molecular complexity index is 701. The number of hydrogen-bond acceptors (Lipinski definition) is 2. The fourth-order valence-corrected chi connectivity index (χ4v) is 7.63. The van der Waals surface area contributed by atoms with E-state index < -0.39 is 0 Å². The molecule has 142 valence electrons. The summed E-state index contributed by atoms with van der Waals surface area (Å²) in [5, 5.41) is 7.06. The molecule has 5 unspecified atom stereocenters. The van der Waals surface area contributed by atoms with E-state index in [0.717, 1.165) is 30.1 Å². The molecule has 0 radical (unpaired) electrons. The first-order valence-corrected chi connectivity index (χ1v) is 10.7. The van der Waals surface area contributed by atoms with Crippen LogP contribution in [-0.4, -0.2) is 17.5 Å². The first-order chi connectivity index (χ1) is 12.2. The van der Waals surface area contributed by atoms with Crippen LogP contribution in [0.3, 0.4) is 0 Å². The number of carbonyl (C=O) groups excluding carboxylic acids is 1. The molecule has 5 rings (SSSR count). The van der Waals surface area contributed by atoms with Crippen molar-refractivity contribution in [3.05, 3.63) is 23.9 Å². The Labute approximate surface area is 158 Å². The maximum Gasteiger partial charge on any atom is 0.243 e. The molecule has 5 aliphatic rings. The highest BCUT2D eigenvalue weighted by molar-refractivity contribution is 5.89. The molecule has 3 nitrogen and oxygen atoms in total. The van der Waals surface area contributed by atoms with E-state index in [0.29, 0.717) is 11.5 Å². The molecule has 1 spiro atoms. The molecule has 3 saturated carbocycles. The highest BCUT2D eigenvalue weighted by Crippen LogP contribution is 2.70. The van der Waals surface area contributed by atoms with Crippen molar-refractivity contribution < 1.29 is 4.79 Å². The van der Waals surface area contributed by atoms with Gasteiger partial charge in [0.05, 0.1) is 0 Å². The van der Waals surface area contributed by atoms with Crippen LogP contribution in [0, 0.1) is 34.5 Å².